The van der Waals surface area contributed by atoms with Crippen molar-refractivity contribution in [2.45, 2.75) is 32.9 Å². The summed E-state index contributed by atoms with van der Waals surface area (Å²) in [6.45, 7) is 10.7. The van der Waals surface area contributed by atoms with E-state index in [9.17, 15) is 4.79 Å². The summed E-state index contributed by atoms with van der Waals surface area (Å²) in [5, 5.41) is 3.11. The summed E-state index contributed by atoms with van der Waals surface area (Å²) < 4.78 is 23.3. The van der Waals surface area contributed by atoms with Gasteiger partial charge in [0.25, 0.3) is 0 Å². The molecule has 10 nitrogen and oxygen atoms in total. The van der Waals surface area contributed by atoms with Crippen LogP contribution in [-0.4, -0.2) is 60.5 Å². The quantitative estimate of drug-likeness (QED) is 0.269. The molecule has 42 heavy (non-hydrogen) atoms. The van der Waals surface area contributed by atoms with Gasteiger partial charge in [0.2, 0.25) is 5.91 Å². The van der Waals surface area contributed by atoms with Gasteiger partial charge in [0, 0.05) is 44.4 Å². The third kappa shape index (κ3) is 4.98. The number of piperazine rings is 1. The summed E-state index contributed by atoms with van der Waals surface area (Å²) in [4.78, 5) is 34.3. The van der Waals surface area contributed by atoms with E-state index in [0.717, 1.165) is 22.4 Å². The average Bonchev–Trinajstić information content (AvgIpc) is 3.34. The second-order valence-electron chi connectivity index (χ2n) is 10.6. The number of pyridine rings is 1. The molecule has 11 heteroatoms. The smallest absolute Gasteiger partial charge is 0.246 e. The molecule has 1 amide bonds. The molecule has 6 rings (SSSR count). The highest BCUT2D eigenvalue weighted by molar-refractivity contribution is 5.89. The molecule has 0 spiro atoms. The largest absolute Gasteiger partial charge is 0.457 e. The van der Waals surface area contributed by atoms with Crippen molar-refractivity contribution in [1.82, 2.24) is 29.4 Å². The third-order valence-electron chi connectivity index (χ3n) is 7.58. The van der Waals surface area contributed by atoms with E-state index in [0.29, 0.717) is 41.4 Å². The van der Waals surface area contributed by atoms with Gasteiger partial charge < -0.3 is 24.4 Å². The van der Waals surface area contributed by atoms with E-state index in [1.54, 1.807) is 12.4 Å². The highest BCUT2D eigenvalue weighted by atomic mass is 19.1. The van der Waals surface area contributed by atoms with Crippen LogP contribution in [0.5, 0.6) is 11.5 Å². The van der Waals surface area contributed by atoms with E-state index in [2.05, 4.69) is 31.7 Å². The number of aryl methyl sites for hydroxylation is 2. The first-order valence-corrected chi connectivity index (χ1v) is 13.7. The van der Waals surface area contributed by atoms with Crippen molar-refractivity contribution in [3.8, 4) is 11.5 Å². The van der Waals surface area contributed by atoms with Gasteiger partial charge in [-0.3, -0.25) is 4.79 Å². The number of nitrogens with zero attached hydrogens (tertiary/aromatic N) is 7. The number of hydrogen-bond donors (Lipinski definition) is 1. The van der Waals surface area contributed by atoms with Gasteiger partial charge in [-0.05, 0) is 62.7 Å². The molecule has 3 aromatic heterocycles. The zero-order valence-corrected chi connectivity index (χ0v) is 23.9. The number of imidazole rings is 1. The Balaban J connectivity index is 1.26. The standard InChI is InChI=1S/C31H31FN8O2/c1-6-29(41)40-19(3)14-39(15-20(40)4)28-10-8-23-30(37-28)31(34-16-33-23)36-24-11-18(2)27(13-22(24)32)42-21-7-9-26-25(12-21)35-17-38(26)5/h6-13,16-17,19-20H,1,14-15H2,2-5H3,(H,33,34,36)/t19-,20+. The Hall–Kier alpha value is -5.06. The fraction of sp³-hybridized carbons (Fsp3) is 0.258. The molecule has 214 valence electrons. The van der Waals surface area contributed by atoms with E-state index >= 15 is 4.39 Å². The second kappa shape index (κ2) is 10.7. The molecule has 1 aliphatic rings. The normalized spacial score (nSPS) is 17.1. The summed E-state index contributed by atoms with van der Waals surface area (Å²) in [6, 6.07) is 12.4. The molecular formula is C31H31FN8O2. The molecule has 1 aliphatic heterocycles. The van der Waals surface area contributed by atoms with Crippen LogP contribution in [0.4, 0.5) is 21.7 Å². The van der Waals surface area contributed by atoms with Crippen molar-refractivity contribution >= 4 is 45.3 Å². The van der Waals surface area contributed by atoms with Crippen LogP contribution in [0.3, 0.4) is 0 Å². The van der Waals surface area contributed by atoms with E-state index in [1.165, 1.54) is 18.5 Å². The minimum Gasteiger partial charge on any atom is -0.457 e. The lowest BCUT2D eigenvalue weighted by Crippen LogP contribution is -2.58. The van der Waals surface area contributed by atoms with Crippen molar-refractivity contribution in [2.24, 2.45) is 7.05 Å². The SMILES string of the molecule is C=CC(=O)N1[C@H](C)CN(c2ccc3ncnc(Nc4cc(C)c(Oc5ccc6c(c5)ncn6C)cc4F)c3n2)C[C@@H]1C. The molecule has 0 aliphatic carbocycles. The molecule has 2 atom stereocenters. The highest BCUT2D eigenvalue weighted by Crippen LogP contribution is 2.33. The first-order valence-electron chi connectivity index (χ1n) is 13.7. The van der Waals surface area contributed by atoms with Crippen LogP contribution in [0.1, 0.15) is 19.4 Å². The van der Waals surface area contributed by atoms with Crippen LogP contribution in [0, 0.1) is 12.7 Å². The maximum absolute atomic E-state index is 15.4. The molecule has 0 saturated carbocycles. The number of benzene rings is 2. The predicted molar refractivity (Wildman–Crippen MR) is 161 cm³/mol. The molecule has 0 unspecified atom stereocenters. The summed E-state index contributed by atoms with van der Waals surface area (Å²) >= 11 is 0. The Bertz CT molecular complexity index is 1830. The van der Waals surface area contributed by atoms with Gasteiger partial charge in [0.1, 0.15) is 35.0 Å². The Labute approximate surface area is 242 Å². The number of hydrogen-bond acceptors (Lipinski definition) is 8. The number of carbonyl (C=O) groups is 1. The third-order valence-corrected chi connectivity index (χ3v) is 7.58. The average molecular weight is 567 g/mol. The monoisotopic (exact) mass is 566 g/mol. The highest BCUT2D eigenvalue weighted by Gasteiger charge is 2.32. The van der Waals surface area contributed by atoms with Crippen LogP contribution < -0.4 is 15.0 Å². The van der Waals surface area contributed by atoms with Gasteiger partial charge >= 0.3 is 0 Å². The maximum atomic E-state index is 15.4. The van der Waals surface area contributed by atoms with Gasteiger partial charge in [-0.25, -0.2) is 24.3 Å². The molecule has 0 bridgehead atoms. The van der Waals surface area contributed by atoms with E-state index < -0.39 is 5.82 Å². The van der Waals surface area contributed by atoms with Crippen LogP contribution in [-0.2, 0) is 11.8 Å². The van der Waals surface area contributed by atoms with Crippen molar-refractivity contribution in [2.75, 3.05) is 23.3 Å². The van der Waals surface area contributed by atoms with Gasteiger partial charge in [0.15, 0.2) is 5.82 Å². The Morgan fingerprint density at radius 2 is 1.86 bits per heavy atom. The fourth-order valence-corrected chi connectivity index (χ4v) is 5.55. The Morgan fingerprint density at radius 3 is 2.62 bits per heavy atom. The number of rotatable bonds is 6. The molecule has 1 saturated heterocycles. The van der Waals surface area contributed by atoms with Gasteiger partial charge in [-0.15, -0.1) is 0 Å². The van der Waals surface area contributed by atoms with Crippen LogP contribution in [0.15, 0.2) is 67.8 Å². The van der Waals surface area contributed by atoms with Crippen molar-refractivity contribution in [3.63, 3.8) is 0 Å². The summed E-state index contributed by atoms with van der Waals surface area (Å²) in [5.41, 5.74) is 3.89. The number of aromatic nitrogens is 5. The molecule has 5 aromatic rings. The van der Waals surface area contributed by atoms with Crippen molar-refractivity contribution in [1.29, 1.82) is 0 Å². The van der Waals surface area contributed by atoms with Gasteiger partial charge in [-0.1, -0.05) is 6.58 Å². The Kier molecular flexibility index (Phi) is 6.93. The van der Waals surface area contributed by atoms with Crippen LogP contribution in [0.2, 0.25) is 0 Å². The molecule has 4 heterocycles. The van der Waals surface area contributed by atoms with Gasteiger partial charge in [-0.2, -0.15) is 0 Å². The summed E-state index contributed by atoms with van der Waals surface area (Å²) in [6.07, 6.45) is 4.51. The lowest BCUT2D eigenvalue weighted by atomic mass is 10.1. The molecular weight excluding hydrogens is 535 g/mol. The summed E-state index contributed by atoms with van der Waals surface area (Å²) in [5.74, 6) is 1.51. The Morgan fingerprint density at radius 1 is 1.07 bits per heavy atom. The number of ether oxygens (including phenoxy) is 1. The van der Waals surface area contributed by atoms with Crippen LogP contribution >= 0.6 is 0 Å². The molecule has 2 aromatic carbocycles. The van der Waals surface area contributed by atoms with Crippen molar-refractivity contribution < 1.29 is 13.9 Å². The fourth-order valence-electron chi connectivity index (χ4n) is 5.55. The van der Waals surface area contributed by atoms with Crippen molar-refractivity contribution in [3.05, 3.63) is 79.2 Å². The van der Waals surface area contributed by atoms with Gasteiger partial charge in [0.05, 0.1) is 28.6 Å². The van der Waals surface area contributed by atoms with E-state index in [-0.39, 0.29) is 23.7 Å². The number of nitrogens with one attached hydrogen (secondary N) is 1. The van der Waals surface area contributed by atoms with E-state index in [4.69, 9.17) is 9.72 Å². The molecule has 1 fully saturated rings. The number of carbonyl (C=O) groups excluding carboxylic acids is 1. The van der Waals surface area contributed by atoms with Crippen LogP contribution in [0.25, 0.3) is 22.1 Å². The topological polar surface area (TPSA) is 101 Å². The number of anilines is 3. The maximum Gasteiger partial charge on any atom is 0.246 e. The first-order chi connectivity index (χ1) is 20.2. The number of fused-ring (bicyclic) bond motifs is 2. The summed E-state index contributed by atoms with van der Waals surface area (Å²) in [7, 11) is 1.92. The number of halogens is 1. The van der Waals surface area contributed by atoms with E-state index in [1.807, 2.05) is 67.6 Å². The minimum atomic E-state index is -0.497. The number of amides is 1. The minimum absolute atomic E-state index is 0.0231. The lowest BCUT2D eigenvalue weighted by Gasteiger charge is -2.44. The zero-order chi connectivity index (χ0) is 29.5. The molecule has 1 N–H and O–H groups in total. The second-order valence-corrected chi connectivity index (χ2v) is 10.6. The molecule has 0 radical (unpaired) electrons. The predicted octanol–water partition coefficient (Wildman–Crippen LogP) is 5.51. The first kappa shape index (κ1) is 27.1. The lowest BCUT2D eigenvalue weighted by molar-refractivity contribution is -0.130. The zero-order valence-electron chi connectivity index (χ0n) is 23.9.